The Bertz CT molecular complexity index is 1220. The zero-order chi connectivity index (χ0) is 25.4. The van der Waals surface area contributed by atoms with Crippen molar-refractivity contribution < 1.29 is 23.8 Å². The molecule has 0 bridgehead atoms. The van der Waals surface area contributed by atoms with Crippen LogP contribution in [0.3, 0.4) is 0 Å². The number of nitrogens with one attached hydrogen (secondary N) is 2. The van der Waals surface area contributed by atoms with E-state index in [9.17, 15) is 9.59 Å². The number of hydrogen-bond donors (Lipinski definition) is 2. The third-order valence-electron chi connectivity index (χ3n) is 4.96. The monoisotopic (exact) mass is 514 g/mol. The standard InChI is InChI=1S/C24H26N4O5S2/c1-14-7-6-8-17(15(14)2)25-21(30)13-34-24-28-27-23(35-24)26-20(29)10-9-16-11-18(31-3)22(33-5)19(12-16)32-4/h6-12H,13H2,1-5H3,(H,25,30)(H,26,27,29)/b10-9+. The number of rotatable bonds is 10. The van der Waals surface area contributed by atoms with Crippen LogP contribution < -0.4 is 24.8 Å². The van der Waals surface area contributed by atoms with E-state index in [2.05, 4.69) is 20.8 Å². The fourth-order valence-electron chi connectivity index (χ4n) is 3.04. The van der Waals surface area contributed by atoms with Gasteiger partial charge in [0.2, 0.25) is 22.7 Å². The first kappa shape index (κ1) is 26.0. The van der Waals surface area contributed by atoms with Crippen molar-refractivity contribution in [1.82, 2.24) is 10.2 Å². The lowest BCUT2D eigenvalue weighted by Gasteiger charge is -2.12. The summed E-state index contributed by atoms with van der Waals surface area (Å²) in [5.41, 5.74) is 3.63. The Kier molecular flexibility index (Phi) is 9.10. The summed E-state index contributed by atoms with van der Waals surface area (Å²) in [6.07, 6.45) is 2.99. The molecule has 0 spiro atoms. The van der Waals surface area contributed by atoms with Crippen molar-refractivity contribution in [2.75, 3.05) is 37.7 Å². The van der Waals surface area contributed by atoms with Crippen LogP contribution in [0.25, 0.3) is 6.08 Å². The van der Waals surface area contributed by atoms with E-state index < -0.39 is 0 Å². The second kappa shape index (κ2) is 12.2. The lowest BCUT2D eigenvalue weighted by atomic mass is 10.1. The largest absolute Gasteiger partial charge is 0.493 e. The van der Waals surface area contributed by atoms with Gasteiger partial charge in [-0.05, 0) is 54.8 Å². The average Bonchev–Trinajstić information content (AvgIpc) is 3.30. The topological polar surface area (TPSA) is 112 Å². The molecule has 0 aliphatic carbocycles. The van der Waals surface area contributed by atoms with Crippen LogP contribution in [-0.2, 0) is 9.59 Å². The van der Waals surface area contributed by atoms with Crippen molar-refractivity contribution in [3.05, 3.63) is 53.1 Å². The van der Waals surface area contributed by atoms with Crippen LogP contribution in [0.5, 0.6) is 17.2 Å². The summed E-state index contributed by atoms with van der Waals surface area (Å²) in [6.45, 7) is 3.96. The number of aromatic nitrogens is 2. The van der Waals surface area contributed by atoms with Crippen LogP contribution in [0.2, 0.25) is 0 Å². The van der Waals surface area contributed by atoms with Crippen molar-refractivity contribution in [3.8, 4) is 17.2 Å². The fourth-order valence-corrected chi connectivity index (χ4v) is 4.59. The molecule has 2 aromatic carbocycles. The third-order valence-corrected chi connectivity index (χ3v) is 6.93. The normalized spacial score (nSPS) is 10.8. The van der Waals surface area contributed by atoms with Crippen LogP contribution in [0.4, 0.5) is 10.8 Å². The first-order valence-electron chi connectivity index (χ1n) is 10.5. The van der Waals surface area contributed by atoms with Gasteiger partial charge in [-0.25, -0.2) is 0 Å². The van der Waals surface area contributed by atoms with Gasteiger partial charge < -0.3 is 19.5 Å². The lowest BCUT2D eigenvalue weighted by Crippen LogP contribution is -2.15. The van der Waals surface area contributed by atoms with Gasteiger partial charge in [-0.3, -0.25) is 14.9 Å². The predicted molar refractivity (Wildman–Crippen MR) is 139 cm³/mol. The van der Waals surface area contributed by atoms with E-state index in [1.807, 2.05) is 32.0 Å². The molecule has 0 fully saturated rings. The highest BCUT2D eigenvalue weighted by Crippen LogP contribution is 2.38. The summed E-state index contributed by atoms with van der Waals surface area (Å²) < 4.78 is 16.5. The number of nitrogens with zero attached hydrogens (tertiary/aromatic N) is 2. The second-order valence-corrected chi connectivity index (χ2v) is 9.44. The van der Waals surface area contributed by atoms with E-state index in [0.717, 1.165) is 16.8 Å². The fraction of sp³-hybridized carbons (Fsp3) is 0.250. The Balaban J connectivity index is 1.55. The molecule has 0 saturated carbocycles. The molecule has 35 heavy (non-hydrogen) atoms. The first-order valence-corrected chi connectivity index (χ1v) is 12.3. The van der Waals surface area contributed by atoms with E-state index in [0.29, 0.717) is 32.3 Å². The number of anilines is 2. The summed E-state index contributed by atoms with van der Waals surface area (Å²) in [5, 5.41) is 13.9. The quantitative estimate of drug-likeness (QED) is 0.230. The molecule has 184 valence electrons. The number of methoxy groups -OCH3 is 3. The van der Waals surface area contributed by atoms with Gasteiger partial charge in [0.15, 0.2) is 15.8 Å². The number of thioether (sulfide) groups is 1. The first-order chi connectivity index (χ1) is 16.8. The van der Waals surface area contributed by atoms with Gasteiger partial charge in [-0.15, -0.1) is 10.2 Å². The van der Waals surface area contributed by atoms with Crippen molar-refractivity contribution in [2.24, 2.45) is 0 Å². The van der Waals surface area contributed by atoms with Gasteiger partial charge in [-0.1, -0.05) is 35.2 Å². The van der Waals surface area contributed by atoms with E-state index in [4.69, 9.17) is 14.2 Å². The number of benzene rings is 2. The molecule has 1 heterocycles. The third kappa shape index (κ3) is 6.96. The minimum absolute atomic E-state index is 0.141. The van der Waals surface area contributed by atoms with Crippen molar-refractivity contribution in [1.29, 1.82) is 0 Å². The number of carbonyl (C=O) groups is 2. The molecule has 11 heteroatoms. The summed E-state index contributed by atoms with van der Waals surface area (Å²) in [7, 11) is 4.57. The van der Waals surface area contributed by atoms with E-state index >= 15 is 0 Å². The van der Waals surface area contributed by atoms with Gasteiger partial charge >= 0.3 is 0 Å². The maximum atomic E-state index is 12.3. The summed E-state index contributed by atoms with van der Waals surface area (Å²) in [5.74, 6) is 1.10. The SMILES string of the molecule is COc1cc(/C=C/C(=O)Nc2nnc(SCC(=O)Nc3cccc(C)c3C)s2)cc(OC)c1OC. The minimum Gasteiger partial charge on any atom is -0.493 e. The molecule has 2 N–H and O–H groups in total. The average molecular weight is 515 g/mol. The molecule has 0 unspecified atom stereocenters. The number of aryl methyl sites for hydroxylation is 1. The van der Waals surface area contributed by atoms with Gasteiger partial charge in [-0.2, -0.15) is 0 Å². The van der Waals surface area contributed by atoms with Gasteiger partial charge in [0, 0.05) is 11.8 Å². The Labute approximate surface area is 211 Å². The number of carbonyl (C=O) groups excluding carboxylic acids is 2. The number of amides is 2. The molecule has 0 aliphatic heterocycles. The molecule has 3 rings (SSSR count). The minimum atomic E-state index is -0.376. The Hall–Kier alpha value is -3.57. The highest BCUT2D eigenvalue weighted by molar-refractivity contribution is 8.01. The van der Waals surface area contributed by atoms with Crippen LogP contribution in [0.1, 0.15) is 16.7 Å². The van der Waals surface area contributed by atoms with Crippen LogP contribution in [0.15, 0.2) is 40.7 Å². The molecular formula is C24H26N4O5S2. The van der Waals surface area contributed by atoms with Crippen LogP contribution in [-0.4, -0.2) is 49.1 Å². The molecule has 0 radical (unpaired) electrons. The van der Waals surface area contributed by atoms with Crippen LogP contribution in [0, 0.1) is 13.8 Å². The van der Waals surface area contributed by atoms with Gasteiger partial charge in [0.1, 0.15) is 0 Å². The molecule has 0 saturated heterocycles. The van der Waals surface area contributed by atoms with Gasteiger partial charge in [0.25, 0.3) is 0 Å². The maximum absolute atomic E-state index is 12.3. The highest BCUT2D eigenvalue weighted by atomic mass is 32.2. The summed E-state index contributed by atoms with van der Waals surface area (Å²) in [4.78, 5) is 24.6. The van der Waals surface area contributed by atoms with Crippen molar-refractivity contribution in [2.45, 2.75) is 18.2 Å². The smallest absolute Gasteiger partial charge is 0.250 e. The predicted octanol–water partition coefficient (Wildman–Crippen LogP) is 4.56. The molecular weight excluding hydrogens is 488 g/mol. The Morgan fingerprint density at radius 1 is 1.03 bits per heavy atom. The molecule has 3 aromatic rings. The van der Waals surface area contributed by atoms with Gasteiger partial charge in [0.05, 0.1) is 27.1 Å². The second-order valence-electron chi connectivity index (χ2n) is 7.24. The van der Waals surface area contributed by atoms with Crippen LogP contribution >= 0.6 is 23.1 Å². The Morgan fingerprint density at radius 3 is 2.40 bits per heavy atom. The molecule has 0 aliphatic rings. The van der Waals surface area contributed by atoms with E-state index in [1.165, 1.54) is 50.5 Å². The summed E-state index contributed by atoms with van der Waals surface area (Å²) >= 11 is 2.44. The van der Waals surface area contributed by atoms with E-state index in [1.54, 1.807) is 18.2 Å². The zero-order valence-corrected chi connectivity index (χ0v) is 21.6. The molecule has 0 atom stereocenters. The molecule has 2 amide bonds. The molecule has 9 nitrogen and oxygen atoms in total. The highest BCUT2D eigenvalue weighted by Gasteiger charge is 2.13. The summed E-state index contributed by atoms with van der Waals surface area (Å²) in [6, 6.07) is 9.23. The van der Waals surface area contributed by atoms with Crippen molar-refractivity contribution in [3.63, 3.8) is 0 Å². The zero-order valence-electron chi connectivity index (χ0n) is 20.0. The molecule has 1 aromatic heterocycles. The lowest BCUT2D eigenvalue weighted by molar-refractivity contribution is -0.114. The van der Waals surface area contributed by atoms with Crippen molar-refractivity contribution >= 4 is 51.8 Å². The number of ether oxygens (including phenoxy) is 3. The Morgan fingerprint density at radius 2 is 1.74 bits per heavy atom. The number of hydrogen-bond acceptors (Lipinski definition) is 9. The van der Waals surface area contributed by atoms with E-state index in [-0.39, 0.29) is 17.6 Å². The maximum Gasteiger partial charge on any atom is 0.250 e.